The number of rotatable bonds is 5. The normalized spacial score (nSPS) is 16.3. The van der Waals surface area contributed by atoms with Gasteiger partial charge in [-0.15, -0.1) is 0 Å². The lowest BCUT2D eigenvalue weighted by molar-refractivity contribution is -0.143. The third-order valence-corrected chi connectivity index (χ3v) is 7.15. The Kier molecular flexibility index (Phi) is 5.25. The lowest BCUT2D eigenvalue weighted by Gasteiger charge is -2.39. The first-order valence-electron chi connectivity index (χ1n) is 12.0. The summed E-state index contributed by atoms with van der Waals surface area (Å²) in [6.07, 6.45) is 4.18. The van der Waals surface area contributed by atoms with Crippen molar-refractivity contribution >= 4 is 16.9 Å². The molecule has 8 heteroatoms. The second-order valence-corrected chi connectivity index (χ2v) is 9.39. The Morgan fingerprint density at radius 2 is 2.06 bits per heavy atom. The number of amides is 1. The zero-order valence-electron chi connectivity index (χ0n) is 19.8. The number of hydrogen-bond acceptors (Lipinski definition) is 6. The van der Waals surface area contributed by atoms with Gasteiger partial charge in [-0.3, -0.25) is 14.9 Å². The Labute approximate surface area is 203 Å². The van der Waals surface area contributed by atoms with Crippen molar-refractivity contribution in [3.8, 4) is 28.3 Å². The molecule has 4 heterocycles. The molecule has 1 fully saturated rings. The predicted octanol–water partition coefficient (Wildman–Crippen LogP) is 3.49. The summed E-state index contributed by atoms with van der Waals surface area (Å²) in [6, 6.07) is 12.4. The van der Waals surface area contributed by atoms with Gasteiger partial charge in [0.25, 0.3) is 5.91 Å². The van der Waals surface area contributed by atoms with E-state index in [2.05, 4.69) is 33.4 Å². The van der Waals surface area contributed by atoms with Crippen LogP contribution >= 0.6 is 0 Å². The molecule has 1 unspecified atom stereocenters. The van der Waals surface area contributed by atoms with Gasteiger partial charge >= 0.3 is 0 Å². The van der Waals surface area contributed by atoms with Crippen LogP contribution in [0.4, 0.5) is 0 Å². The Bertz CT molecular complexity index is 1420. The zero-order valence-corrected chi connectivity index (χ0v) is 19.8. The van der Waals surface area contributed by atoms with Crippen molar-refractivity contribution in [2.45, 2.75) is 38.2 Å². The third kappa shape index (κ3) is 3.65. The van der Waals surface area contributed by atoms with Crippen LogP contribution < -0.4 is 4.74 Å². The minimum atomic E-state index is -0.966. The summed E-state index contributed by atoms with van der Waals surface area (Å²) >= 11 is 0. The summed E-state index contributed by atoms with van der Waals surface area (Å²) in [4.78, 5) is 23.3. The van der Waals surface area contributed by atoms with Crippen molar-refractivity contribution in [1.82, 2.24) is 25.1 Å². The number of nitrogens with zero attached hydrogens (tertiary/aromatic N) is 4. The Hall–Kier alpha value is -3.78. The summed E-state index contributed by atoms with van der Waals surface area (Å²) in [7, 11) is 1.67. The van der Waals surface area contributed by atoms with Crippen LogP contribution in [0.2, 0.25) is 0 Å². The highest BCUT2D eigenvalue weighted by atomic mass is 16.5. The van der Waals surface area contributed by atoms with Crippen molar-refractivity contribution in [1.29, 1.82) is 0 Å². The van der Waals surface area contributed by atoms with E-state index in [0.29, 0.717) is 13.1 Å². The zero-order chi connectivity index (χ0) is 24.1. The number of aryl methyl sites for hydroxylation is 1. The number of pyridine rings is 2. The molecule has 0 bridgehead atoms. The van der Waals surface area contributed by atoms with Gasteiger partial charge in [0, 0.05) is 48.1 Å². The molecule has 35 heavy (non-hydrogen) atoms. The summed E-state index contributed by atoms with van der Waals surface area (Å²) in [5.74, 6) is 0.668. The van der Waals surface area contributed by atoms with Crippen molar-refractivity contribution < 1.29 is 14.6 Å². The molecule has 0 radical (unpaired) electrons. The number of carbonyl (C=O) groups excluding carboxylic acids is 1. The molecule has 1 aliphatic carbocycles. The molecule has 1 aliphatic heterocycles. The number of hydrogen-bond donors (Lipinski definition) is 2. The van der Waals surface area contributed by atoms with Crippen LogP contribution in [0.1, 0.15) is 36.1 Å². The molecule has 3 aromatic heterocycles. The summed E-state index contributed by atoms with van der Waals surface area (Å²) in [5.41, 5.74) is 8.85. The molecule has 178 valence electrons. The number of benzene rings is 1. The second-order valence-electron chi connectivity index (χ2n) is 9.39. The molecule has 2 N–H and O–H groups in total. The van der Waals surface area contributed by atoms with Gasteiger partial charge in [0.05, 0.1) is 12.6 Å². The number of aromatic nitrogens is 4. The molecule has 8 nitrogen and oxygen atoms in total. The van der Waals surface area contributed by atoms with Gasteiger partial charge in [-0.05, 0) is 49.4 Å². The van der Waals surface area contributed by atoms with Crippen LogP contribution in [0.3, 0.4) is 0 Å². The van der Waals surface area contributed by atoms with Crippen LogP contribution in [0, 0.1) is 0 Å². The number of fused-ring (bicyclic) bond motifs is 2. The molecule has 1 saturated heterocycles. The molecule has 2 aliphatic rings. The van der Waals surface area contributed by atoms with Crippen molar-refractivity contribution in [2.75, 3.05) is 20.2 Å². The van der Waals surface area contributed by atoms with Gasteiger partial charge in [0.15, 0.2) is 0 Å². The quantitative estimate of drug-likeness (QED) is 0.464. The van der Waals surface area contributed by atoms with E-state index in [9.17, 15) is 9.90 Å². The fraction of sp³-hybridized carbons (Fsp3) is 0.333. The summed E-state index contributed by atoms with van der Waals surface area (Å²) < 4.78 is 5.72. The van der Waals surface area contributed by atoms with Gasteiger partial charge in [-0.2, -0.15) is 5.10 Å². The summed E-state index contributed by atoms with van der Waals surface area (Å²) in [5, 5.41) is 17.1. The first-order chi connectivity index (χ1) is 17.0. The highest BCUT2D eigenvalue weighted by Crippen LogP contribution is 2.39. The average Bonchev–Trinajstić information content (AvgIpc) is 3.49. The average molecular weight is 470 g/mol. The van der Waals surface area contributed by atoms with E-state index >= 15 is 0 Å². The van der Waals surface area contributed by atoms with E-state index in [1.165, 1.54) is 18.1 Å². The van der Waals surface area contributed by atoms with Crippen molar-refractivity contribution in [2.24, 2.45) is 0 Å². The second kappa shape index (κ2) is 8.46. The molecular formula is C27H27N5O3. The first kappa shape index (κ1) is 21.7. The monoisotopic (exact) mass is 469 g/mol. The number of aliphatic hydroxyl groups is 1. The van der Waals surface area contributed by atoms with E-state index in [4.69, 9.17) is 9.72 Å². The summed E-state index contributed by atoms with van der Waals surface area (Å²) in [6.45, 7) is 2.65. The number of carbonyl (C=O) groups is 1. The highest BCUT2D eigenvalue weighted by molar-refractivity contribution is 5.93. The number of H-pyrrole nitrogens is 1. The predicted molar refractivity (Wildman–Crippen MR) is 132 cm³/mol. The van der Waals surface area contributed by atoms with Crippen LogP contribution in [0.25, 0.3) is 33.5 Å². The molecule has 1 aromatic carbocycles. The van der Waals surface area contributed by atoms with E-state index < -0.39 is 6.10 Å². The molecule has 0 saturated carbocycles. The molecule has 6 rings (SSSR count). The van der Waals surface area contributed by atoms with Crippen molar-refractivity contribution in [3.05, 3.63) is 59.4 Å². The molecule has 0 spiro atoms. The van der Waals surface area contributed by atoms with E-state index in [1.54, 1.807) is 12.0 Å². The maximum absolute atomic E-state index is 11.9. The van der Waals surface area contributed by atoms with Crippen LogP contribution in [0.15, 0.2) is 42.6 Å². The Balaban J connectivity index is 1.33. The van der Waals surface area contributed by atoms with Crippen molar-refractivity contribution in [3.63, 3.8) is 0 Å². The molecular weight excluding hydrogens is 442 g/mol. The fourth-order valence-corrected chi connectivity index (χ4v) is 5.22. The SMILES string of the molecule is COc1cc2[nH]nc(-c3ccc(C4CN(C(=O)C(C)O)C4)nc3)c2nc1-c1cccc2c1CCC2. The minimum Gasteiger partial charge on any atom is -0.494 e. The van der Waals surface area contributed by atoms with Crippen LogP contribution in [-0.4, -0.2) is 62.4 Å². The number of likely N-dealkylation sites (tertiary alicyclic amines) is 1. The topological polar surface area (TPSA) is 104 Å². The highest BCUT2D eigenvalue weighted by Gasteiger charge is 2.34. The first-order valence-corrected chi connectivity index (χ1v) is 12.0. The lowest BCUT2D eigenvalue weighted by atomic mass is 9.94. The number of aromatic amines is 1. The molecule has 1 amide bonds. The number of nitrogens with one attached hydrogen (secondary N) is 1. The Morgan fingerprint density at radius 1 is 1.20 bits per heavy atom. The van der Waals surface area contributed by atoms with E-state index in [0.717, 1.165) is 64.3 Å². The van der Waals surface area contributed by atoms with Gasteiger partial charge < -0.3 is 14.7 Å². The molecule has 4 aromatic rings. The van der Waals surface area contributed by atoms with Gasteiger partial charge in [-0.25, -0.2) is 4.98 Å². The van der Waals surface area contributed by atoms with E-state index in [-0.39, 0.29) is 11.8 Å². The van der Waals surface area contributed by atoms with Gasteiger partial charge in [0.1, 0.15) is 28.8 Å². The largest absolute Gasteiger partial charge is 0.494 e. The minimum absolute atomic E-state index is 0.178. The fourth-order valence-electron chi connectivity index (χ4n) is 5.22. The van der Waals surface area contributed by atoms with Crippen LogP contribution in [-0.2, 0) is 17.6 Å². The van der Waals surface area contributed by atoms with Gasteiger partial charge in [0.2, 0.25) is 0 Å². The lowest BCUT2D eigenvalue weighted by Crippen LogP contribution is -2.51. The number of methoxy groups -OCH3 is 1. The molecule has 1 atom stereocenters. The number of ether oxygens (including phenoxy) is 1. The van der Waals surface area contributed by atoms with Gasteiger partial charge in [-0.1, -0.05) is 18.2 Å². The maximum Gasteiger partial charge on any atom is 0.251 e. The Morgan fingerprint density at radius 3 is 2.80 bits per heavy atom. The third-order valence-electron chi connectivity index (χ3n) is 7.15. The maximum atomic E-state index is 11.9. The van der Waals surface area contributed by atoms with E-state index in [1.807, 2.05) is 24.4 Å². The van der Waals surface area contributed by atoms with Crippen LogP contribution in [0.5, 0.6) is 5.75 Å². The standard InChI is InChI=1S/C27H27N5O3/c1-15(33)27(34)32-13-18(14-32)21-10-9-17(12-28-21)24-26-22(30-31-24)11-23(35-2)25(29-26)20-8-4-6-16-5-3-7-19(16)20/h4,6,8-12,15,18,33H,3,5,7,13-14H2,1-2H3,(H,30,31). The smallest absolute Gasteiger partial charge is 0.251 e. The number of aliphatic hydroxyl groups excluding tert-OH is 1.